The third-order valence-electron chi connectivity index (χ3n) is 7.58. The summed E-state index contributed by atoms with van der Waals surface area (Å²) in [6.07, 6.45) is 1.73. The average molecular weight is 786 g/mol. The van der Waals surface area contributed by atoms with Crippen molar-refractivity contribution in [2.24, 2.45) is 4.99 Å². The van der Waals surface area contributed by atoms with E-state index in [1.54, 1.807) is 63.2 Å². The van der Waals surface area contributed by atoms with Crippen LogP contribution in [0.1, 0.15) is 43.5 Å². The molecule has 1 aliphatic rings. The zero-order valence-corrected chi connectivity index (χ0v) is 31.1. The van der Waals surface area contributed by atoms with Gasteiger partial charge >= 0.3 is 11.9 Å². The molecule has 0 saturated heterocycles. The number of hydrogen-bond acceptors (Lipinski definition) is 11. The lowest BCUT2D eigenvalue weighted by Crippen LogP contribution is -2.40. The summed E-state index contributed by atoms with van der Waals surface area (Å²) >= 11 is 11.1. The number of aromatic nitrogens is 1. The van der Waals surface area contributed by atoms with E-state index in [0.29, 0.717) is 65.3 Å². The maximum Gasteiger partial charge on any atom is 0.343 e. The molecule has 0 aliphatic carbocycles. The first kappa shape index (κ1) is 36.7. The van der Waals surface area contributed by atoms with Gasteiger partial charge in [0.05, 0.1) is 49.3 Å². The van der Waals surface area contributed by atoms with Gasteiger partial charge in [-0.25, -0.2) is 14.6 Å². The van der Waals surface area contributed by atoms with Crippen LogP contribution < -0.4 is 33.8 Å². The summed E-state index contributed by atoms with van der Waals surface area (Å²) in [6, 6.07) is 15.0. The van der Waals surface area contributed by atoms with E-state index in [2.05, 4.69) is 25.7 Å². The molecule has 14 heteroatoms. The number of methoxy groups -OCH3 is 2. The van der Waals surface area contributed by atoms with Gasteiger partial charge in [0.1, 0.15) is 6.61 Å². The second-order valence-corrected chi connectivity index (χ2v) is 13.0. The molecule has 4 aromatic rings. The molecule has 3 aromatic carbocycles. The Hall–Kier alpha value is -4.59. The minimum Gasteiger partial charge on any atom is -0.493 e. The fraction of sp³-hybridized carbons (Fsp3) is 0.278. The van der Waals surface area contributed by atoms with Gasteiger partial charge in [0.2, 0.25) is 0 Å². The van der Waals surface area contributed by atoms with Crippen molar-refractivity contribution in [3.8, 4) is 23.0 Å². The first-order valence-electron chi connectivity index (χ1n) is 15.5. The number of carbonyl (C=O) groups is 2. The number of rotatable bonds is 13. The molecular weight excluding hydrogens is 752 g/mol. The van der Waals surface area contributed by atoms with Crippen molar-refractivity contribution >= 4 is 56.9 Å². The van der Waals surface area contributed by atoms with Gasteiger partial charge in [0, 0.05) is 15.1 Å². The number of halogens is 2. The van der Waals surface area contributed by atoms with E-state index in [-0.39, 0.29) is 31.0 Å². The van der Waals surface area contributed by atoms with Crippen LogP contribution in [0.25, 0.3) is 6.08 Å². The number of nitrogens with zero attached hydrogens (tertiary/aromatic N) is 2. The minimum absolute atomic E-state index is 0.130. The largest absolute Gasteiger partial charge is 0.493 e. The highest BCUT2D eigenvalue weighted by Crippen LogP contribution is 2.37. The van der Waals surface area contributed by atoms with E-state index in [4.69, 9.17) is 35.3 Å². The zero-order chi connectivity index (χ0) is 35.9. The summed E-state index contributed by atoms with van der Waals surface area (Å²) < 4.78 is 35.8. The number of fused-ring (bicyclic) bond motifs is 1. The summed E-state index contributed by atoms with van der Waals surface area (Å²) in [5.41, 5.74) is 2.27. The number of benzene rings is 3. The lowest BCUT2D eigenvalue weighted by Gasteiger charge is -2.25. The van der Waals surface area contributed by atoms with E-state index in [9.17, 15) is 14.4 Å². The van der Waals surface area contributed by atoms with Crippen LogP contribution in [0.5, 0.6) is 23.0 Å². The van der Waals surface area contributed by atoms with Crippen LogP contribution in [-0.4, -0.2) is 50.5 Å². The Morgan fingerprint density at radius 3 is 2.44 bits per heavy atom. The molecule has 1 atom stereocenters. The predicted octanol–water partition coefficient (Wildman–Crippen LogP) is 5.75. The van der Waals surface area contributed by atoms with E-state index in [1.807, 2.05) is 18.2 Å². The molecule has 0 fully saturated rings. The van der Waals surface area contributed by atoms with Crippen molar-refractivity contribution in [2.45, 2.75) is 33.4 Å². The number of carbonyl (C=O) groups excluding carboxylic acids is 2. The van der Waals surface area contributed by atoms with Crippen molar-refractivity contribution in [3.05, 3.63) is 112 Å². The summed E-state index contributed by atoms with van der Waals surface area (Å²) in [5, 5.41) is 0.592. The topological polar surface area (TPSA) is 124 Å². The summed E-state index contributed by atoms with van der Waals surface area (Å²) in [7, 11) is 2.80. The Morgan fingerprint density at radius 1 is 0.980 bits per heavy atom. The summed E-state index contributed by atoms with van der Waals surface area (Å²) in [6.45, 7) is 5.54. The number of ether oxygens (including phenoxy) is 6. The Balaban J connectivity index is 1.59. The number of allylic oxidation sites excluding steroid dienone is 1. The highest BCUT2D eigenvalue weighted by Gasteiger charge is 2.34. The van der Waals surface area contributed by atoms with Gasteiger partial charge in [0.25, 0.3) is 5.56 Å². The smallest absolute Gasteiger partial charge is 0.343 e. The maximum absolute atomic E-state index is 14.3. The first-order valence-corrected chi connectivity index (χ1v) is 17.5. The van der Waals surface area contributed by atoms with Crippen LogP contribution in [0.15, 0.2) is 80.1 Å². The monoisotopic (exact) mass is 784 g/mol. The molecule has 0 spiro atoms. The van der Waals surface area contributed by atoms with Gasteiger partial charge in [-0.3, -0.25) is 9.36 Å². The first-order chi connectivity index (χ1) is 24.1. The molecule has 50 heavy (non-hydrogen) atoms. The zero-order valence-electron chi connectivity index (χ0n) is 27.9. The van der Waals surface area contributed by atoms with Crippen molar-refractivity contribution in [1.29, 1.82) is 0 Å². The minimum atomic E-state index is -0.903. The van der Waals surface area contributed by atoms with Gasteiger partial charge in [0.15, 0.2) is 34.4 Å². The fourth-order valence-electron chi connectivity index (χ4n) is 5.23. The molecule has 0 unspecified atom stereocenters. The second-order valence-electron chi connectivity index (χ2n) is 10.7. The number of hydrogen-bond donors (Lipinski definition) is 0. The van der Waals surface area contributed by atoms with Gasteiger partial charge in [-0.15, -0.1) is 0 Å². The van der Waals surface area contributed by atoms with Crippen LogP contribution in [-0.2, 0) is 25.7 Å². The Labute approximate surface area is 305 Å². The van der Waals surface area contributed by atoms with Gasteiger partial charge in [-0.2, -0.15) is 0 Å². The van der Waals surface area contributed by atoms with Gasteiger partial charge < -0.3 is 28.4 Å². The van der Waals surface area contributed by atoms with E-state index in [0.717, 1.165) is 5.56 Å². The van der Waals surface area contributed by atoms with Crippen LogP contribution in [0.4, 0.5) is 0 Å². The molecule has 1 aliphatic heterocycles. The highest BCUT2D eigenvalue weighted by atomic mass is 79.9. The third-order valence-corrected chi connectivity index (χ3v) is 9.62. The standard InChI is InChI=1S/C36H34BrClN2O9S/c1-6-46-28-14-21(12-13-26(28)49-19-31(41)45-5)33-32(35(43)47-7-2)20(3)39-36-40(33)34(42)30(50-36)16-23-15-27(44-4)29(17-24(23)37)48-18-22-10-8-9-11-25(22)38/h8-17,33H,6-7,18-19H2,1-5H3/b30-16-/t33-/m0/s1. The summed E-state index contributed by atoms with van der Waals surface area (Å²) in [5.74, 6) is 0.395. The molecule has 5 rings (SSSR count). The van der Waals surface area contributed by atoms with Gasteiger partial charge in [-0.1, -0.05) is 63.1 Å². The lowest BCUT2D eigenvalue weighted by molar-refractivity contribution is -0.143. The maximum atomic E-state index is 14.3. The quantitative estimate of drug-likeness (QED) is 0.156. The second kappa shape index (κ2) is 16.4. The molecule has 0 amide bonds. The van der Waals surface area contributed by atoms with Crippen LogP contribution in [0.3, 0.4) is 0 Å². The molecule has 0 saturated carbocycles. The predicted molar refractivity (Wildman–Crippen MR) is 192 cm³/mol. The number of esters is 2. The summed E-state index contributed by atoms with van der Waals surface area (Å²) in [4.78, 5) is 44.5. The van der Waals surface area contributed by atoms with E-state index < -0.39 is 18.0 Å². The molecule has 11 nitrogen and oxygen atoms in total. The van der Waals surface area contributed by atoms with Crippen LogP contribution in [0.2, 0.25) is 5.02 Å². The molecule has 0 N–H and O–H groups in total. The SMILES string of the molecule is CCOC(=O)C1=C(C)N=c2s/c(=C\c3cc(OC)c(OCc4ccccc4Cl)cc3Br)c(=O)n2[C@H]1c1ccc(OCC(=O)OC)c(OCC)c1. The molecule has 1 aromatic heterocycles. The van der Waals surface area contributed by atoms with Crippen LogP contribution >= 0.6 is 38.9 Å². The van der Waals surface area contributed by atoms with E-state index >= 15 is 0 Å². The van der Waals surface area contributed by atoms with Crippen molar-refractivity contribution < 1.29 is 38.0 Å². The molecule has 0 radical (unpaired) electrons. The molecule has 2 heterocycles. The molecule has 0 bridgehead atoms. The molecule has 262 valence electrons. The number of thiazole rings is 1. The van der Waals surface area contributed by atoms with Crippen molar-refractivity contribution in [3.63, 3.8) is 0 Å². The lowest BCUT2D eigenvalue weighted by atomic mass is 9.95. The highest BCUT2D eigenvalue weighted by molar-refractivity contribution is 9.10. The Kier molecular flexibility index (Phi) is 12.0. The molecular formula is C36H34BrClN2O9S. The van der Waals surface area contributed by atoms with Crippen molar-refractivity contribution in [2.75, 3.05) is 34.0 Å². The third kappa shape index (κ3) is 7.90. The normalized spacial score (nSPS) is 14.1. The van der Waals surface area contributed by atoms with Crippen molar-refractivity contribution in [1.82, 2.24) is 4.57 Å². The van der Waals surface area contributed by atoms with Gasteiger partial charge in [-0.05, 0) is 68.3 Å². The van der Waals surface area contributed by atoms with E-state index in [1.165, 1.54) is 30.1 Å². The fourth-order valence-corrected chi connectivity index (χ4v) is 6.90. The van der Waals surface area contributed by atoms with Crippen LogP contribution in [0, 0.1) is 0 Å². The average Bonchev–Trinajstić information content (AvgIpc) is 3.41. The Bertz CT molecular complexity index is 2140. The Morgan fingerprint density at radius 2 is 1.74 bits per heavy atom.